The summed E-state index contributed by atoms with van der Waals surface area (Å²) in [6.07, 6.45) is 2.09. The van der Waals surface area contributed by atoms with Crippen molar-refractivity contribution < 1.29 is 9.53 Å². The molecule has 0 spiro atoms. The van der Waals surface area contributed by atoms with Gasteiger partial charge in [0.05, 0.1) is 12.6 Å². The highest BCUT2D eigenvalue weighted by molar-refractivity contribution is 6.30. The van der Waals surface area contributed by atoms with Crippen molar-refractivity contribution in [3.05, 3.63) is 0 Å². The maximum atomic E-state index is 11.6. The number of hydrogen-bond donors (Lipinski definition) is 0. The number of halogens is 1. The molecule has 0 N–H and O–H groups in total. The summed E-state index contributed by atoms with van der Waals surface area (Å²) in [6.45, 7) is 3.16. The van der Waals surface area contributed by atoms with Gasteiger partial charge in [0.15, 0.2) is 0 Å². The quantitative estimate of drug-likeness (QED) is 0.650. The van der Waals surface area contributed by atoms with Crippen LogP contribution in [0.1, 0.15) is 19.8 Å². The number of rotatable bonds is 3. The maximum absolute atomic E-state index is 11.6. The van der Waals surface area contributed by atoms with Gasteiger partial charge in [-0.1, -0.05) is 0 Å². The Balaban J connectivity index is 2.52. The topological polar surface area (TPSA) is 29.5 Å². The van der Waals surface area contributed by atoms with Crippen LogP contribution >= 0.6 is 11.6 Å². The van der Waals surface area contributed by atoms with E-state index in [1.165, 1.54) is 0 Å². The second-order valence-corrected chi connectivity index (χ2v) is 4.05. The number of carbonyl (C=O) groups is 1. The summed E-state index contributed by atoms with van der Waals surface area (Å²) in [4.78, 5) is 13.4. The first-order valence-electron chi connectivity index (χ1n) is 4.60. The number of amides is 1. The highest BCUT2D eigenvalue weighted by Gasteiger charge is 2.30. The fourth-order valence-electron chi connectivity index (χ4n) is 1.72. The summed E-state index contributed by atoms with van der Waals surface area (Å²) in [5.41, 5.74) is 0. The molecule has 0 aromatic heterocycles. The molecule has 1 aliphatic rings. The van der Waals surface area contributed by atoms with Crippen LogP contribution < -0.4 is 0 Å². The summed E-state index contributed by atoms with van der Waals surface area (Å²) in [5, 5.41) is -0.419. The summed E-state index contributed by atoms with van der Waals surface area (Å²) in [7, 11) is 1.66. The molecule has 3 nitrogen and oxygen atoms in total. The molecule has 76 valence electrons. The average Bonchev–Trinajstić information content (AvgIpc) is 2.52. The van der Waals surface area contributed by atoms with Crippen molar-refractivity contribution in [1.82, 2.24) is 4.90 Å². The van der Waals surface area contributed by atoms with Crippen molar-refractivity contribution in [2.45, 2.75) is 31.2 Å². The molecule has 0 radical (unpaired) electrons. The van der Waals surface area contributed by atoms with E-state index in [1.54, 1.807) is 14.0 Å². The van der Waals surface area contributed by atoms with Crippen molar-refractivity contribution in [2.24, 2.45) is 0 Å². The summed E-state index contributed by atoms with van der Waals surface area (Å²) >= 11 is 5.74. The van der Waals surface area contributed by atoms with E-state index in [-0.39, 0.29) is 11.9 Å². The van der Waals surface area contributed by atoms with Gasteiger partial charge in [-0.25, -0.2) is 0 Å². The monoisotopic (exact) mass is 205 g/mol. The zero-order valence-corrected chi connectivity index (χ0v) is 8.88. The van der Waals surface area contributed by atoms with E-state index in [1.807, 2.05) is 4.90 Å². The molecule has 0 unspecified atom stereocenters. The number of methoxy groups -OCH3 is 1. The largest absolute Gasteiger partial charge is 0.383 e. The number of likely N-dealkylation sites (tertiary alicyclic amines) is 1. The lowest BCUT2D eigenvalue weighted by Crippen LogP contribution is -2.41. The Kier molecular flexibility index (Phi) is 4.00. The second-order valence-electron chi connectivity index (χ2n) is 3.40. The lowest BCUT2D eigenvalue weighted by molar-refractivity contribution is -0.132. The minimum Gasteiger partial charge on any atom is -0.383 e. The highest BCUT2D eigenvalue weighted by atomic mass is 35.5. The Morgan fingerprint density at radius 3 is 3.00 bits per heavy atom. The van der Waals surface area contributed by atoms with Crippen molar-refractivity contribution in [3.63, 3.8) is 0 Å². The number of hydrogen-bond acceptors (Lipinski definition) is 2. The predicted octanol–water partition coefficient (Wildman–Crippen LogP) is 1.25. The molecule has 1 aliphatic heterocycles. The first-order chi connectivity index (χ1) is 6.16. The van der Waals surface area contributed by atoms with Crippen LogP contribution in [0.5, 0.6) is 0 Å². The van der Waals surface area contributed by atoms with Gasteiger partial charge in [-0.2, -0.15) is 0 Å². The van der Waals surface area contributed by atoms with Crippen molar-refractivity contribution >= 4 is 17.5 Å². The third-order valence-corrected chi connectivity index (χ3v) is 2.55. The minimum atomic E-state index is -0.419. The third-order valence-electron chi connectivity index (χ3n) is 2.36. The number of carbonyl (C=O) groups excluding carboxylic acids is 1. The Morgan fingerprint density at radius 2 is 2.46 bits per heavy atom. The molecule has 1 heterocycles. The van der Waals surface area contributed by atoms with E-state index in [0.29, 0.717) is 6.61 Å². The van der Waals surface area contributed by atoms with E-state index in [4.69, 9.17) is 16.3 Å². The molecule has 0 aromatic carbocycles. The van der Waals surface area contributed by atoms with E-state index in [2.05, 4.69) is 0 Å². The van der Waals surface area contributed by atoms with Crippen LogP contribution in [-0.4, -0.2) is 42.5 Å². The first kappa shape index (κ1) is 10.8. The Bertz CT molecular complexity index is 184. The molecule has 1 saturated heterocycles. The van der Waals surface area contributed by atoms with Crippen LogP contribution in [0.2, 0.25) is 0 Å². The Labute approximate surface area is 84.0 Å². The Hall–Kier alpha value is -0.280. The van der Waals surface area contributed by atoms with Crippen molar-refractivity contribution in [1.29, 1.82) is 0 Å². The fourth-order valence-corrected chi connectivity index (χ4v) is 1.85. The van der Waals surface area contributed by atoms with Crippen LogP contribution in [0.25, 0.3) is 0 Å². The molecular weight excluding hydrogens is 190 g/mol. The molecule has 1 rings (SSSR count). The van der Waals surface area contributed by atoms with Gasteiger partial charge in [0.2, 0.25) is 5.91 Å². The zero-order valence-electron chi connectivity index (χ0n) is 8.12. The van der Waals surface area contributed by atoms with E-state index in [9.17, 15) is 4.79 Å². The van der Waals surface area contributed by atoms with Gasteiger partial charge >= 0.3 is 0 Å². The molecule has 0 bridgehead atoms. The van der Waals surface area contributed by atoms with Crippen molar-refractivity contribution in [3.8, 4) is 0 Å². The van der Waals surface area contributed by atoms with Gasteiger partial charge in [0, 0.05) is 13.7 Å². The van der Waals surface area contributed by atoms with Gasteiger partial charge < -0.3 is 9.64 Å². The molecule has 0 saturated carbocycles. The maximum Gasteiger partial charge on any atom is 0.240 e. The SMILES string of the molecule is COC[C@H]1CCCN1C(=O)[C@@H](C)Cl. The molecule has 2 atom stereocenters. The van der Waals surface area contributed by atoms with Crippen LogP contribution in [0.15, 0.2) is 0 Å². The lowest BCUT2D eigenvalue weighted by Gasteiger charge is -2.25. The summed E-state index contributed by atoms with van der Waals surface area (Å²) in [5.74, 6) is 0.0289. The fraction of sp³-hybridized carbons (Fsp3) is 0.889. The number of alkyl halides is 1. The molecule has 1 fully saturated rings. The molecular formula is C9H16ClNO2. The normalized spacial score (nSPS) is 24.8. The first-order valence-corrected chi connectivity index (χ1v) is 5.04. The molecule has 1 amide bonds. The molecule has 4 heteroatoms. The lowest BCUT2D eigenvalue weighted by atomic mass is 10.2. The number of nitrogens with zero attached hydrogens (tertiary/aromatic N) is 1. The van der Waals surface area contributed by atoms with E-state index >= 15 is 0 Å². The number of ether oxygens (including phenoxy) is 1. The van der Waals surface area contributed by atoms with Gasteiger partial charge in [-0.15, -0.1) is 11.6 Å². The zero-order chi connectivity index (χ0) is 9.84. The van der Waals surface area contributed by atoms with Gasteiger partial charge in [-0.3, -0.25) is 4.79 Å². The minimum absolute atomic E-state index is 0.0289. The summed E-state index contributed by atoms with van der Waals surface area (Å²) in [6, 6.07) is 0.235. The van der Waals surface area contributed by atoms with Crippen LogP contribution in [0.4, 0.5) is 0 Å². The standard InChI is InChI=1S/C9H16ClNO2/c1-7(10)9(12)11-5-3-4-8(11)6-13-2/h7-8H,3-6H2,1-2H3/t7-,8-/m1/s1. The smallest absolute Gasteiger partial charge is 0.240 e. The van der Waals surface area contributed by atoms with Crippen LogP contribution in [0.3, 0.4) is 0 Å². The van der Waals surface area contributed by atoms with Gasteiger partial charge in [-0.05, 0) is 19.8 Å². The van der Waals surface area contributed by atoms with Gasteiger partial charge in [0.1, 0.15) is 5.38 Å². The average molecular weight is 206 g/mol. The summed E-state index contributed by atoms with van der Waals surface area (Å²) < 4.78 is 5.05. The van der Waals surface area contributed by atoms with E-state index < -0.39 is 5.38 Å². The van der Waals surface area contributed by atoms with Gasteiger partial charge in [0.25, 0.3) is 0 Å². The third kappa shape index (κ3) is 2.58. The molecule has 13 heavy (non-hydrogen) atoms. The Morgan fingerprint density at radius 1 is 1.77 bits per heavy atom. The second kappa shape index (κ2) is 4.82. The van der Waals surface area contributed by atoms with Crippen molar-refractivity contribution in [2.75, 3.05) is 20.3 Å². The van der Waals surface area contributed by atoms with Crippen LogP contribution in [-0.2, 0) is 9.53 Å². The van der Waals surface area contributed by atoms with Crippen LogP contribution in [0, 0.1) is 0 Å². The highest BCUT2D eigenvalue weighted by Crippen LogP contribution is 2.19. The predicted molar refractivity (Wildman–Crippen MR) is 51.9 cm³/mol. The molecule has 0 aliphatic carbocycles. The van der Waals surface area contributed by atoms with E-state index in [0.717, 1.165) is 19.4 Å². The molecule has 0 aromatic rings.